The number of benzene rings is 1. The highest BCUT2D eigenvalue weighted by Crippen LogP contribution is 2.26. The second-order valence-electron chi connectivity index (χ2n) is 9.25. The Morgan fingerprint density at radius 1 is 1.13 bits per heavy atom. The standard InChI is InChI=1S/C24H39N5O2/c1-19(22(30)28-11-6-7-12-28)27-13-15-29(16-14-27)23(25-4)26-18-24(2,3)20-9-8-10-21(17-20)31-5/h8-10,17,19H,6-7,11-16,18H2,1-5H3,(H,25,26). The minimum Gasteiger partial charge on any atom is -0.497 e. The Kier molecular flexibility index (Phi) is 7.81. The molecule has 1 aromatic carbocycles. The van der Waals surface area contributed by atoms with Gasteiger partial charge in [0.1, 0.15) is 5.75 Å². The van der Waals surface area contributed by atoms with Crippen LogP contribution in [-0.2, 0) is 10.2 Å². The number of nitrogens with one attached hydrogen (secondary N) is 1. The highest BCUT2D eigenvalue weighted by Gasteiger charge is 2.31. The molecule has 0 spiro atoms. The molecule has 1 atom stereocenters. The van der Waals surface area contributed by atoms with E-state index in [1.807, 2.05) is 24.1 Å². The lowest BCUT2D eigenvalue weighted by Crippen LogP contribution is -2.57. The first kappa shape index (κ1) is 23.4. The summed E-state index contributed by atoms with van der Waals surface area (Å²) >= 11 is 0. The summed E-state index contributed by atoms with van der Waals surface area (Å²) in [7, 11) is 3.54. The molecule has 1 amide bonds. The van der Waals surface area contributed by atoms with Crippen LogP contribution in [0.4, 0.5) is 0 Å². The molecule has 2 saturated heterocycles. The number of hydrogen-bond donors (Lipinski definition) is 1. The molecule has 7 heteroatoms. The third kappa shape index (κ3) is 5.70. The Labute approximate surface area is 187 Å². The number of aliphatic imine (C=N–C) groups is 1. The summed E-state index contributed by atoms with van der Waals surface area (Å²) < 4.78 is 5.39. The number of nitrogens with zero attached hydrogens (tertiary/aromatic N) is 4. The van der Waals surface area contributed by atoms with Gasteiger partial charge in [-0.05, 0) is 37.5 Å². The van der Waals surface area contributed by atoms with Crippen LogP contribution in [0.1, 0.15) is 39.2 Å². The van der Waals surface area contributed by atoms with Crippen LogP contribution in [0.15, 0.2) is 29.3 Å². The van der Waals surface area contributed by atoms with Crippen molar-refractivity contribution in [1.82, 2.24) is 20.0 Å². The van der Waals surface area contributed by atoms with Gasteiger partial charge in [0.15, 0.2) is 5.96 Å². The number of ether oxygens (including phenoxy) is 1. The number of carbonyl (C=O) groups excluding carboxylic acids is 1. The largest absolute Gasteiger partial charge is 0.497 e. The molecule has 7 nitrogen and oxygen atoms in total. The molecule has 0 saturated carbocycles. The van der Waals surface area contributed by atoms with E-state index < -0.39 is 0 Å². The fourth-order valence-electron chi connectivity index (χ4n) is 4.46. The van der Waals surface area contributed by atoms with Crippen LogP contribution in [0, 0.1) is 0 Å². The van der Waals surface area contributed by atoms with Crippen molar-refractivity contribution in [3.63, 3.8) is 0 Å². The molecule has 1 aromatic rings. The van der Waals surface area contributed by atoms with Crippen molar-refractivity contribution in [2.45, 2.75) is 45.1 Å². The van der Waals surface area contributed by atoms with Gasteiger partial charge < -0.3 is 19.9 Å². The van der Waals surface area contributed by atoms with Crippen LogP contribution in [0.5, 0.6) is 5.75 Å². The van der Waals surface area contributed by atoms with Crippen LogP contribution in [-0.4, -0.2) is 92.6 Å². The minimum absolute atomic E-state index is 0.0396. The topological polar surface area (TPSA) is 60.4 Å². The van der Waals surface area contributed by atoms with E-state index in [9.17, 15) is 4.79 Å². The monoisotopic (exact) mass is 429 g/mol. The van der Waals surface area contributed by atoms with Crippen molar-refractivity contribution in [2.24, 2.45) is 4.99 Å². The minimum atomic E-state index is -0.0665. The molecule has 2 heterocycles. The average molecular weight is 430 g/mol. The number of likely N-dealkylation sites (tertiary alicyclic amines) is 1. The van der Waals surface area contributed by atoms with Gasteiger partial charge in [0.2, 0.25) is 5.91 Å². The van der Waals surface area contributed by atoms with Crippen LogP contribution >= 0.6 is 0 Å². The zero-order chi connectivity index (χ0) is 22.4. The van der Waals surface area contributed by atoms with E-state index in [0.29, 0.717) is 0 Å². The number of hydrogen-bond acceptors (Lipinski definition) is 4. The molecule has 0 bridgehead atoms. The van der Waals surface area contributed by atoms with E-state index in [-0.39, 0.29) is 17.4 Å². The Bertz CT molecular complexity index is 765. The molecule has 3 rings (SSSR count). The summed E-state index contributed by atoms with van der Waals surface area (Å²) in [5.41, 5.74) is 1.16. The second kappa shape index (κ2) is 10.4. The number of methoxy groups -OCH3 is 1. The molecule has 2 aliphatic rings. The van der Waals surface area contributed by atoms with E-state index in [4.69, 9.17) is 4.74 Å². The predicted octanol–water partition coefficient (Wildman–Crippen LogP) is 2.18. The summed E-state index contributed by atoms with van der Waals surface area (Å²) in [5, 5.41) is 3.57. The first-order chi connectivity index (χ1) is 14.9. The first-order valence-electron chi connectivity index (χ1n) is 11.5. The number of amides is 1. The van der Waals surface area contributed by atoms with Gasteiger partial charge in [0, 0.05) is 58.3 Å². The number of guanidine groups is 1. The predicted molar refractivity (Wildman–Crippen MR) is 126 cm³/mol. The van der Waals surface area contributed by atoms with Gasteiger partial charge in [-0.15, -0.1) is 0 Å². The molecule has 1 N–H and O–H groups in total. The van der Waals surface area contributed by atoms with Crippen LogP contribution in [0.2, 0.25) is 0 Å². The lowest BCUT2D eigenvalue weighted by Gasteiger charge is -2.40. The lowest BCUT2D eigenvalue weighted by molar-refractivity contribution is -0.135. The van der Waals surface area contributed by atoms with Crippen molar-refractivity contribution in [3.05, 3.63) is 29.8 Å². The zero-order valence-electron chi connectivity index (χ0n) is 19.9. The molecule has 1 unspecified atom stereocenters. The Balaban J connectivity index is 1.52. The van der Waals surface area contributed by atoms with Gasteiger partial charge in [-0.25, -0.2) is 0 Å². The van der Waals surface area contributed by atoms with E-state index in [1.54, 1.807) is 7.11 Å². The number of piperazine rings is 1. The maximum absolute atomic E-state index is 12.7. The van der Waals surface area contributed by atoms with Crippen molar-refractivity contribution in [2.75, 3.05) is 60.0 Å². The van der Waals surface area contributed by atoms with E-state index in [0.717, 1.165) is 70.4 Å². The summed E-state index contributed by atoms with van der Waals surface area (Å²) in [5.74, 6) is 2.09. The summed E-state index contributed by atoms with van der Waals surface area (Å²) in [4.78, 5) is 23.9. The van der Waals surface area contributed by atoms with Gasteiger partial charge in [-0.2, -0.15) is 0 Å². The molecular weight excluding hydrogens is 390 g/mol. The van der Waals surface area contributed by atoms with E-state index in [1.165, 1.54) is 5.56 Å². The molecule has 2 fully saturated rings. The molecule has 2 aliphatic heterocycles. The van der Waals surface area contributed by atoms with Crippen molar-refractivity contribution in [3.8, 4) is 5.75 Å². The molecule has 0 aromatic heterocycles. The van der Waals surface area contributed by atoms with Gasteiger partial charge in [-0.1, -0.05) is 26.0 Å². The van der Waals surface area contributed by atoms with Crippen molar-refractivity contribution < 1.29 is 9.53 Å². The molecular formula is C24H39N5O2. The molecule has 0 radical (unpaired) electrons. The third-order valence-corrected chi connectivity index (χ3v) is 6.69. The van der Waals surface area contributed by atoms with E-state index >= 15 is 0 Å². The summed E-state index contributed by atoms with van der Waals surface area (Å²) in [6.07, 6.45) is 2.28. The van der Waals surface area contributed by atoms with E-state index in [2.05, 4.69) is 53.0 Å². The van der Waals surface area contributed by atoms with Gasteiger partial charge in [0.25, 0.3) is 0 Å². The maximum atomic E-state index is 12.7. The van der Waals surface area contributed by atoms with Crippen molar-refractivity contribution in [1.29, 1.82) is 0 Å². The Morgan fingerprint density at radius 3 is 2.42 bits per heavy atom. The molecule has 0 aliphatic carbocycles. The quantitative estimate of drug-likeness (QED) is 0.555. The fraction of sp³-hybridized carbons (Fsp3) is 0.667. The first-order valence-corrected chi connectivity index (χ1v) is 11.5. The van der Waals surface area contributed by atoms with Gasteiger partial charge in [0.05, 0.1) is 13.2 Å². The summed E-state index contributed by atoms with van der Waals surface area (Å²) in [6, 6.07) is 8.21. The SMILES string of the molecule is CN=C(NCC(C)(C)c1cccc(OC)c1)N1CCN(C(C)C(=O)N2CCCC2)CC1. The average Bonchev–Trinajstić information content (AvgIpc) is 3.34. The third-order valence-electron chi connectivity index (χ3n) is 6.69. The normalized spacial score (nSPS) is 19.5. The maximum Gasteiger partial charge on any atom is 0.239 e. The van der Waals surface area contributed by atoms with Gasteiger partial charge in [-0.3, -0.25) is 14.7 Å². The van der Waals surface area contributed by atoms with Crippen molar-refractivity contribution >= 4 is 11.9 Å². The summed E-state index contributed by atoms with van der Waals surface area (Å²) in [6.45, 7) is 12.6. The molecule has 31 heavy (non-hydrogen) atoms. The van der Waals surface area contributed by atoms with Crippen LogP contribution < -0.4 is 10.1 Å². The number of carbonyl (C=O) groups is 1. The van der Waals surface area contributed by atoms with Gasteiger partial charge >= 0.3 is 0 Å². The fourth-order valence-corrected chi connectivity index (χ4v) is 4.46. The number of rotatable bonds is 6. The Hall–Kier alpha value is -2.28. The lowest BCUT2D eigenvalue weighted by atomic mass is 9.84. The Morgan fingerprint density at radius 2 is 1.81 bits per heavy atom. The molecule has 172 valence electrons. The van der Waals surface area contributed by atoms with Crippen LogP contribution in [0.25, 0.3) is 0 Å². The smallest absolute Gasteiger partial charge is 0.239 e. The highest BCUT2D eigenvalue weighted by molar-refractivity contribution is 5.82. The van der Waals surface area contributed by atoms with Crippen LogP contribution in [0.3, 0.4) is 0 Å². The zero-order valence-corrected chi connectivity index (χ0v) is 19.9. The second-order valence-corrected chi connectivity index (χ2v) is 9.25. The highest BCUT2D eigenvalue weighted by atomic mass is 16.5.